The van der Waals surface area contributed by atoms with Crippen LogP contribution in [-0.4, -0.2) is 27.7 Å². The van der Waals surface area contributed by atoms with Gasteiger partial charge in [-0.2, -0.15) is 0 Å². The van der Waals surface area contributed by atoms with Gasteiger partial charge in [-0.25, -0.2) is 9.97 Å². The third-order valence-electron chi connectivity index (χ3n) is 1.91. The van der Waals surface area contributed by atoms with Crippen molar-refractivity contribution < 1.29 is 4.79 Å². The van der Waals surface area contributed by atoms with Crippen molar-refractivity contribution in [1.82, 2.24) is 9.97 Å². The van der Waals surface area contributed by atoms with Gasteiger partial charge in [-0.3, -0.25) is 4.79 Å². The molecule has 0 saturated carbocycles. The average Bonchev–Trinajstić information content (AvgIpc) is 2.15. The molecule has 0 aromatic carbocycles. The Morgan fingerprint density at radius 1 is 1.56 bits per heavy atom. The van der Waals surface area contributed by atoms with Crippen LogP contribution in [0.4, 0.5) is 5.82 Å². The Morgan fingerprint density at radius 2 is 2.19 bits per heavy atom. The zero-order valence-corrected chi connectivity index (χ0v) is 10.8. The second-order valence-corrected chi connectivity index (χ2v) is 4.84. The van der Waals surface area contributed by atoms with Crippen molar-refractivity contribution in [2.45, 2.75) is 24.5 Å². The van der Waals surface area contributed by atoms with E-state index in [4.69, 9.17) is 17.3 Å². The van der Waals surface area contributed by atoms with Gasteiger partial charge in [0, 0.05) is 6.07 Å². The molecular formula is C9H13ClN4OS. The number of amides is 1. The summed E-state index contributed by atoms with van der Waals surface area (Å²) in [6, 6.07) is 1.55. The van der Waals surface area contributed by atoms with Gasteiger partial charge in [-0.1, -0.05) is 23.4 Å². The summed E-state index contributed by atoms with van der Waals surface area (Å²) >= 11 is 7.19. The second-order valence-electron chi connectivity index (χ2n) is 3.68. The summed E-state index contributed by atoms with van der Waals surface area (Å²) in [6.45, 7) is 3.34. The smallest absolute Gasteiger partial charge is 0.242 e. The summed E-state index contributed by atoms with van der Waals surface area (Å²) < 4.78 is 0. The van der Waals surface area contributed by atoms with Gasteiger partial charge < -0.3 is 11.1 Å². The van der Waals surface area contributed by atoms with Gasteiger partial charge in [0.25, 0.3) is 0 Å². The lowest BCUT2D eigenvalue weighted by molar-refractivity contribution is -0.121. The van der Waals surface area contributed by atoms with E-state index in [1.54, 1.807) is 19.9 Å². The number of nitrogens with two attached hydrogens (primary N) is 1. The third-order valence-corrected chi connectivity index (χ3v) is 2.65. The molecule has 5 nitrogen and oxygen atoms in total. The first-order valence-electron chi connectivity index (χ1n) is 4.52. The average molecular weight is 261 g/mol. The van der Waals surface area contributed by atoms with Crippen LogP contribution in [0.15, 0.2) is 11.2 Å². The quantitative estimate of drug-likeness (QED) is 0.487. The summed E-state index contributed by atoms with van der Waals surface area (Å²) in [7, 11) is 0. The van der Waals surface area contributed by atoms with Crippen LogP contribution in [0.3, 0.4) is 0 Å². The molecule has 0 saturated heterocycles. The number of nitrogens with zero attached hydrogens (tertiary/aromatic N) is 2. The van der Waals surface area contributed by atoms with E-state index in [0.717, 1.165) is 0 Å². The minimum Gasteiger partial charge on any atom is -0.368 e. The van der Waals surface area contributed by atoms with Crippen molar-refractivity contribution in [1.29, 1.82) is 0 Å². The molecule has 0 aliphatic heterocycles. The lowest BCUT2D eigenvalue weighted by atomic mass is 10.1. The second kappa shape index (κ2) is 4.88. The molecule has 1 rings (SSSR count). The van der Waals surface area contributed by atoms with Gasteiger partial charge in [-0.15, -0.1) is 0 Å². The number of carbonyl (C=O) groups is 1. The molecule has 7 heteroatoms. The standard InChI is InChI=1S/C9H13ClN4OS/c1-9(2,7(11)15)14-6-4-5(10)12-8(13-6)16-3/h4H,1-3H3,(H2,11,15)(H,12,13,14). The van der Waals surface area contributed by atoms with Crippen molar-refractivity contribution in [2.24, 2.45) is 5.73 Å². The van der Waals surface area contributed by atoms with Crippen molar-refractivity contribution in [2.75, 3.05) is 11.6 Å². The SMILES string of the molecule is CSc1nc(Cl)cc(NC(C)(C)C(N)=O)n1. The zero-order valence-electron chi connectivity index (χ0n) is 9.24. The molecule has 1 heterocycles. The predicted molar refractivity (Wildman–Crippen MR) is 65.7 cm³/mol. The fourth-order valence-corrected chi connectivity index (χ4v) is 1.55. The summed E-state index contributed by atoms with van der Waals surface area (Å²) in [5, 5.41) is 3.77. The number of aromatic nitrogens is 2. The Balaban J connectivity index is 2.97. The Hall–Kier alpha value is -1.01. The Morgan fingerprint density at radius 3 is 2.69 bits per heavy atom. The maximum atomic E-state index is 11.1. The molecule has 16 heavy (non-hydrogen) atoms. The molecule has 0 unspecified atom stereocenters. The van der Waals surface area contributed by atoms with Gasteiger partial charge in [0.05, 0.1) is 0 Å². The monoisotopic (exact) mass is 260 g/mol. The third kappa shape index (κ3) is 3.24. The molecule has 0 fully saturated rings. The molecular weight excluding hydrogens is 248 g/mol. The number of halogens is 1. The molecule has 0 spiro atoms. The topological polar surface area (TPSA) is 80.9 Å². The molecule has 0 atom stereocenters. The van der Waals surface area contributed by atoms with E-state index in [9.17, 15) is 4.79 Å². The number of rotatable bonds is 4. The first-order chi connectivity index (χ1) is 7.35. The zero-order chi connectivity index (χ0) is 12.3. The molecule has 0 aliphatic rings. The number of hydrogen-bond donors (Lipinski definition) is 2. The van der Waals surface area contributed by atoms with E-state index < -0.39 is 11.4 Å². The Bertz CT molecular complexity index is 410. The van der Waals surface area contributed by atoms with E-state index in [-0.39, 0.29) is 0 Å². The number of carbonyl (C=O) groups excluding carboxylic acids is 1. The van der Waals surface area contributed by atoms with E-state index in [1.807, 2.05) is 6.26 Å². The highest BCUT2D eigenvalue weighted by Gasteiger charge is 2.25. The van der Waals surface area contributed by atoms with E-state index in [1.165, 1.54) is 11.8 Å². The number of hydrogen-bond acceptors (Lipinski definition) is 5. The Kier molecular flexibility index (Phi) is 3.98. The fourth-order valence-electron chi connectivity index (χ4n) is 0.934. The normalized spacial score (nSPS) is 11.2. The largest absolute Gasteiger partial charge is 0.368 e. The summed E-state index contributed by atoms with van der Waals surface area (Å²) in [4.78, 5) is 19.3. The number of nitrogens with one attached hydrogen (secondary N) is 1. The summed E-state index contributed by atoms with van der Waals surface area (Å²) in [6.07, 6.45) is 1.84. The lowest BCUT2D eigenvalue weighted by Gasteiger charge is -2.22. The maximum Gasteiger partial charge on any atom is 0.242 e. The number of primary amides is 1. The molecule has 1 amide bonds. The van der Waals surface area contributed by atoms with Crippen LogP contribution in [0.5, 0.6) is 0 Å². The first kappa shape index (κ1) is 13.1. The van der Waals surface area contributed by atoms with Gasteiger partial charge >= 0.3 is 0 Å². The minimum absolute atomic E-state index is 0.321. The fraction of sp³-hybridized carbons (Fsp3) is 0.444. The van der Waals surface area contributed by atoms with E-state index >= 15 is 0 Å². The van der Waals surface area contributed by atoms with Crippen molar-refractivity contribution in [3.8, 4) is 0 Å². The molecule has 0 radical (unpaired) electrons. The van der Waals surface area contributed by atoms with Crippen molar-refractivity contribution >= 4 is 35.1 Å². The molecule has 3 N–H and O–H groups in total. The van der Waals surface area contributed by atoms with Crippen LogP contribution in [0.2, 0.25) is 5.15 Å². The van der Waals surface area contributed by atoms with Gasteiger partial charge in [-0.05, 0) is 20.1 Å². The van der Waals surface area contributed by atoms with Crippen molar-refractivity contribution in [3.05, 3.63) is 11.2 Å². The highest BCUT2D eigenvalue weighted by molar-refractivity contribution is 7.98. The van der Waals surface area contributed by atoms with Crippen LogP contribution in [-0.2, 0) is 4.79 Å². The molecule has 1 aromatic heterocycles. The molecule has 0 bridgehead atoms. The van der Waals surface area contributed by atoms with Crippen LogP contribution in [0, 0.1) is 0 Å². The minimum atomic E-state index is -0.882. The summed E-state index contributed by atoms with van der Waals surface area (Å²) in [5.74, 6) is 0.0149. The highest BCUT2D eigenvalue weighted by atomic mass is 35.5. The molecule has 1 aromatic rings. The lowest BCUT2D eigenvalue weighted by Crippen LogP contribution is -2.45. The first-order valence-corrected chi connectivity index (χ1v) is 6.12. The predicted octanol–water partition coefficient (Wildman–Crippen LogP) is 1.53. The van der Waals surface area contributed by atoms with Gasteiger partial charge in [0.15, 0.2) is 5.16 Å². The number of anilines is 1. The van der Waals surface area contributed by atoms with Crippen LogP contribution in [0.25, 0.3) is 0 Å². The maximum absolute atomic E-state index is 11.1. The number of thioether (sulfide) groups is 1. The van der Waals surface area contributed by atoms with Crippen LogP contribution in [0.1, 0.15) is 13.8 Å². The van der Waals surface area contributed by atoms with E-state index in [2.05, 4.69) is 15.3 Å². The summed E-state index contributed by atoms with van der Waals surface area (Å²) in [5.41, 5.74) is 4.36. The van der Waals surface area contributed by atoms with Gasteiger partial charge in [0.1, 0.15) is 16.5 Å². The van der Waals surface area contributed by atoms with Crippen molar-refractivity contribution in [3.63, 3.8) is 0 Å². The highest BCUT2D eigenvalue weighted by Crippen LogP contribution is 2.19. The van der Waals surface area contributed by atoms with Gasteiger partial charge in [0.2, 0.25) is 5.91 Å². The Labute approximate surface area is 103 Å². The molecule has 88 valence electrons. The van der Waals surface area contributed by atoms with E-state index in [0.29, 0.717) is 16.1 Å². The molecule has 0 aliphatic carbocycles. The van der Waals surface area contributed by atoms with Crippen LogP contribution >= 0.6 is 23.4 Å². The van der Waals surface area contributed by atoms with Crippen LogP contribution < -0.4 is 11.1 Å².